The Balaban J connectivity index is 1.82. The average Bonchev–Trinajstić information content (AvgIpc) is 2.77. The van der Waals surface area contributed by atoms with Crippen LogP contribution in [-0.4, -0.2) is 31.2 Å². The summed E-state index contributed by atoms with van der Waals surface area (Å²) < 4.78 is 11.1. The van der Waals surface area contributed by atoms with Crippen LogP contribution < -0.4 is 5.73 Å². The maximum Gasteiger partial charge on any atom is 0.121 e. The van der Waals surface area contributed by atoms with Crippen LogP contribution in [0.2, 0.25) is 0 Å². The summed E-state index contributed by atoms with van der Waals surface area (Å²) in [6.07, 6.45) is 5.78. The zero-order valence-corrected chi connectivity index (χ0v) is 10.5. The number of likely N-dealkylation sites (N-methyl/N-ethyl adjacent to an activating group) is 1. The van der Waals surface area contributed by atoms with Crippen LogP contribution in [0, 0.1) is 0 Å². The molecule has 1 aromatic rings. The van der Waals surface area contributed by atoms with Crippen LogP contribution in [0.25, 0.3) is 0 Å². The Hall–Kier alpha value is -0.840. The van der Waals surface area contributed by atoms with Crippen LogP contribution in [-0.2, 0) is 17.8 Å². The van der Waals surface area contributed by atoms with Crippen molar-refractivity contribution < 1.29 is 9.15 Å². The number of furan rings is 1. The highest BCUT2D eigenvalue weighted by Crippen LogP contribution is 2.16. The topological polar surface area (TPSA) is 51.6 Å². The van der Waals surface area contributed by atoms with E-state index in [0.717, 1.165) is 25.5 Å². The lowest BCUT2D eigenvalue weighted by Crippen LogP contribution is -2.33. The smallest absolute Gasteiger partial charge is 0.121 e. The summed E-state index contributed by atoms with van der Waals surface area (Å²) >= 11 is 0. The van der Waals surface area contributed by atoms with Crippen molar-refractivity contribution in [2.45, 2.75) is 38.5 Å². The van der Waals surface area contributed by atoms with E-state index in [2.05, 4.69) is 11.9 Å². The molecule has 4 heteroatoms. The molecule has 2 rings (SSSR count). The van der Waals surface area contributed by atoms with Gasteiger partial charge in [0, 0.05) is 25.3 Å². The van der Waals surface area contributed by atoms with Crippen LogP contribution >= 0.6 is 0 Å². The van der Waals surface area contributed by atoms with E-state index in [0.29, 0.717) is 12.6 Å². The molecule has 1 atom stereocenters. The minimum atomic E-state index is 0.391. The molecule has 4 nitrogen and oxygen atoms in total. The number of rotatable bonds is 5. The Morgan fingerprint density at radius 2 is 2.35 bits per heavy atom. The highest BCUT2D eigenvalue weighted by molar-refractivity contribution is 5.16. The van der Waals surface area contributed by atoms with Gasteiger partial charge in [-0.1, -0.05) is 0 Å². The van der Waals surface area contributed by atoms with Crippen molar-refractivity contribution in [1.29, 1.82) is 0 Å². The SMILES string of the molecule is CN(Cc1ccoc1CN)CC1CCCCO1. The van der Waals surface area contributed by atoms with E-state index in [9.17, 15) is 0 Å². The molecule has 2 heterocycles. The number of hydrogen-bond acceptors (Lipinski definition) is 4. The van der Waals surface area contributed by atoms with Gasteiger partial charge in [-0.3, -0.25) is 4.90 Å². The van der Waals surface area contributed by atoms with Crippen LogP contribution in [0.3, 0.4) is 0 Å². The molecule has 2 N–H and O–H groups in total. The van der Waals surface area contributed by atoms with Gasteiger partial charge in [-0.2, -0.15) is 0 Å². The first-order valence-electron chi connectivity index (χ1n) is 6.35. The molecule has 0 bridgehead atoms. The molecule has 0 amide bonds. The minimum absolute atomic E-state index is 0.391. The molecule has 96 valence electrons. The van der Waals surface area contributed by atoms with E-state index in [1.807, 2.05) is 6.07 Å². The largest absolute Gasteiger partial charge is 0.468 e. The molecule has 17 heavy (non-hydrogen) atoms. The van der Waals surface area contributed by atoms with Crippen LogP contribution in [0.4, 0.5) is 0 Å². The Kier molecular flexibility index (Phi) is 4.59. The molecule has 1 aromatic heterocycles. The van der Waals surface area contributed by atoms with Crippen LogP contribution in [0.1, 0.15) is 30.6 Å². The van der Waals surface area contributed by atoms with Gasteiger partial charge < -0.3 is 14.9 Å². The van der Waals surface area contributed by atoms with E-state index in [4.69, 9.17) is 14.9 Å². The van der Waals surface area contributed by atoms with Gasteiger partial charge in [0.1, 0.15) is 5.76 Å². The summed E-state index contributed by atoms with van der Waals surface area (Å²) in [4.78, 5) is 2.28. The van der Waals surface area contributed by atoms with Gasteiger partial charge in [0.15, 0.2) is 0 Å². The molecule has 1 fully saturated rings. The van der Waals surface area contributed by atoms with Crippen molar-refractivity contribution in [3.8, 4) is 0 Å². The zero-order chi connectivity index (χ0) is 12.1. The molecule has 1 saturated heterocycles. The summed E-state index contributed by atoms with van der Waals surface area (Å²) in [5, 5.41) is 0. The second-order valence-corrected chi connectivity index (χ2v) is 4.76. The molecule has 0 saturated carbocycles. The van der Waals surface area contributed by atoms with Gasteiger partial charge in [-0.15, -0.1) is 0 Å². The van der Waals surface area contributed by atoms with Crippen molar-refractivity contribution in [3.63, 3.8) is 0 Å². The Morgan fingerprint density at radius 1 is 1.47 bits per heavy atom. The van der Waals surface area contributed by atoms with Crippen molar-refractivity contribution >= 4 is 0 Å². The lowest BCUT2D eigenvalue weighted by atomic mass is 10.1. The van der Waals surface area contributed by atoms with Gasteiger partial charge in [0.05, 0.1) is 18.9 Å². The van der Waals surface area contributed by atoms with Gasteiger partial charge in [-0.25, -0.2) is 0 Å². The first-order chi connectivity index (χ1) is 8.29. The predicted molar refractivity (Wildman–Crippen MR) is 66.5 cm³/mol. The fourth-order valence-corrected chi connectivity index (χ4v) is 2.34. The highest BCUT2D eigenvalue weighted by atomic mass is 16.5. The summed E-state index contributed by atoms with van der Waals surface area (Å²) in [5.41, 5.74) is 6.80. The number of ether oxygens (including phenoxy) is 1. The van der Waals surface area contributed by atoms with Gasteiger partial charge in [0.2, 0.25) is 0 Å². The van der Waals surface area contributed by atoms with Gasteiger partial charge >= 0.3 is 0 Å². The van der Waals surface area contributed by atoms with Crippen molar-refractivity contribution in [1.82, 2.24) is 4.90 Å². The average molecular weight is 238 g/mol. The number of hydrogen-bond donors (Lipinski definition) is 1. The molecule has 0 aromatic carbocycles. The monoisotopic (exact) mass is 238 g/mol. The summed E-state index contributed by atoms with van der Waals surface area (Å²) in [7, 11) is 2.12. The van der Waals surface area contributed by atoms with Crippen molar-refractivity contribution in [2.75, 3.05) is 20.2 Å². The Labute approximate surface area is 103 Å². The molecule has 1 aliphatic heterocycles. The van der Waals surface area contributed by atoms with E-state index in [-0.39, 0.29) is 0 Å². The van der Waals surface area contributed by atoms with E-state index in [1.165, 1.54) is 24.8 Å². The molecule has 1 unspecified atom stereocenters. The highest BCUT2D eigenvalue weighted by Gasteiger charge is 2.16. The maximum absolute atomic E-state index is 5.73. The molecular weight excluding hydrogens is 216 g/mol. The molecule has 0 spiro atoms. The lowest BCUT2D eigenvalue weighted by Gasteiger charge is -2.27. The van der Waals surface area contributed by atoms with Gasteiger partial charge in [0.25, 0.3) is 0 Å². The minimum Gasteiger partial charge on any atom is -0.468 e. The number of nitrogens with zero attached hydrogens (tertiary/aromatic N) is 1. The summed E-state index contributed by atoms with van der Waals surface area (Å²) in [5.74, 6) is 0.890. The van der Waals surface area contributed by atoms with Crippen molar-refractivity contribution in [2.24, 2.45) is 5.73 Å². The molecule has 0 aliphatic carbocycles. The Morgan fingerprint density at radius 3 is 3.06 bits per heavy atom. The van der Waals surface area contributed by atoms with Crippen LogP contribution in [0.15, 0.2) is 16.7 Å². The lowest BCUT2D eigenvalue weighted by molar-refractivity contribution is -0.00265. The quantitative estimate of drug-likeness (QED) is 0.849. The van der Waals surface area contributed by atoms with Crippen LogP contribution in [0.5, 0.6) is 0 Å². The zero-order valence-electron chi connectivity index (χ0n) is 10.5. The summed E-state index contributed by atoms with van der Waals surface area (Å²) in [6, 6.07) is 2.00. The molecule has 1 aliphatic rings. The van der Waals surface area contributed by atoms with Crippen molar-refractivity contribution in [3.05, 3.63) is 23.7 Å². The first-order valence-corrected chi connectivity index (χ1v) is 6.35. The third-order valence-electron chi connectivity index (χ3n) is 3.25. The van der Waals surface area contributed by atoms with E-state index in [1.54, 1.807) is 6.26 Å². The fourth-order valence-electron chi connectivity index (χ4n) is 2.34. The van der Waals surface area contributed by atoms with Gasteiger partial charge in [-0.05, 0) is 32.4 Å². The normalized spacial score (nSPS) is 21.0. The second-order valence-electron chi connectivity index (χ2n) is 4.76. The Bertz CT molecular complexity index is 332. The maximum atomic E-state index is 5.73. The second kappa shape index (κ2) is 6.19. The van der Waals surface area contributed by atoms with E-state index >= 15 is 0 Å². The first kappa shape index (κ1) is 12.6. The molecule has 0 radical (unpaired) electrons. The number of nitrogens with two attached hydrogens (primary N) is 1. The van der Waals surface area contributed by atoms with E-state index < -0.39 is 0 Å². The third kappa shape index (κ3) is 3.56. The third-order valence-corrected chi connectivity index (χ3v) is 3.25. The fraction of sp³-hybridized carbons (Fsp3) is 0.692. The predicted octanol–water partition coefficient (Wildman–Crippen LogP) is 1.74. The summed E-state index contributed by atoms with van der Waals surface area (Å²) in [6.45, 7) is 3.24. The standard InChI is InChI=1S/C13H22N2O2/c1-15(10-12-4-2-3-6-16-12)9-11-5-7-17-13(11)8-14/h5,7,12H,2-4,6,8-10,14H2,1H3. The molecular formula is C13H22N2O2.